The van der Waals surface area contributed by atoms with E-state index in [-0.39, 0.29) is 0 Å². The molecule has 1 saturated heterocycles. The van der Waals surface area contributed by atoms with Gasteiger partial charge >= 0.3 is 0 Å². The summed E-state index contributed by atoms with van der Waals surface area (Å²) in [5.41, 5.74) is 1.13. The lowest BCUT2D eigenvalue weighted by molar-refractivity contribution is -0.0681. The maximum absolute atomic E-state index is 5.79. The van der Waals surface area contributed by atoms with Crippen LogP contribution < -0.4 is 0 Å². The lowest BCUT2D eigenvalue weighted by Crippen LogP contribution is -2.46. The van der Waals surface area contributed by atoms with Gasteiger partial charge < -0.3 is 4.74 Å². The Bertz CT molecular complexity index is 342. The summed E-state index contributed by atoms with van der Waals surface area (Å²) in [6, 6.07) is 2.07. The molecule has 4 nitrogen and oxygen atoms in total. The van der Waals surface area contributed by atoms with Gasteiger partial charge in [-0.1, -0.05) is 15.9 Å². The zero-order valence-electron chi connectivity index (χ0n) is 9.77. The number of rotatable bonds is 3. The molecule has 0 spiro atoms. The summed E-state index contributed by atoms with van der Waals surface area (Å²) in [5, 5.41) is 5.30. The summed E-state index contributed by atoms with van der Waals surface area (Å²) < 4.78 is 7.64. The molecular weight excluding hydrogens is 270 g/mol. The van der Waals surface area contributed by atoms with Gasteiger partial charge in [0.2, 0.25) is 0 Å². The molecule has 0 saturated carbocycles. The molecule has 1 aromatic heterocycles. The molecule has 0 amide bonds. The summed E-state index contributed by atoms with van der Waals surface area (Å²) in [4.78, 5) is 2.41. The molecule has 0 bridgehead atoms. The first-order valence-corrected chi connectivity index (χ1v) is 6.72. The maximum Gasteiger partial charge on any atom is 0.0802 e. The fourth-order valence-corrected chi connectivity index (χ4v) is 2.49. The number of aryl methyl sites for hydroxylation is 1. The van der Waals surface area contributed by atoms with E-state index in [4.69, 9.17) is 4.74 Å². The van der Waals surface area contributed by atoms with E-state index < -0.39 is 0 Å². The summed E-state index contributed by atoms with van der Waals surface area (Å²) >= 11 is 3.48. The fourth-order valence-electron chi connectivity index (χ4n) is 2.13. The highest BCUT2D eigenvalue weighted by Crippen LogP contribution is 2.14. The zero-order chi connectivity index (χ0) is 11.5. The highest BCUT2D eigenvalue weighted by Gasteiger charge is 2.24. The number of hydrogen-bond acceptors (Lipinski definition) is 3. The van der Waals surface area contributed by atoms with Gasteiger partial charge in [-0.25, -0.2) is 0 Å². The first-order valence-electron chi connectivity index (χ1n) is 5.59. The minimum Gasteiger partial charge on any atom is -0.372 e. The highest BCUT2D eigenvalue weighted by atomic mass is 79.9. The second-order valence-corrected chi connectivity index (χ2v) is 5.05. The van der Waals surface area contributed by atoms with Crippen molar-refractivity contribution >= 4 is 15.9 Å². The number of halogens is 1. The van der Waals surface area contributed by atoms with Crippen LogP contribution in [0.1, 0.15) is 12.6 Å². The van der Waals surface area contributed by atoms with Crippen LogP contribution >= 0.6 is 15.9 Å². The van der Waals surface area contributed by atoms with Crippen LogP contribution in [0.3, 0.4) is 0 Å². The van der Waals surface area contributed by atoms with Crippen molar-refractivity contribution in [1.82, 2.24) is 14.7 Å². The SMILES string of the molecule is CC1CN(Cc2ccn(C)n2)CC(CBr)O1. The smallest absolute Gasteiger partial charge is 0.0802 e. The molecule has 5 heteroatoms. The third-order valence-electron chi connectivity index (χ3n) is 2.73. The zero-order valence-corrected chi connectivity index (χ0v) is 11.4. The van der Waals surface area contributed by atoms with Gasteiger partial charge in [-0.05, 0) is 13.0 Å². The summed E-state index contributed by atoms with van der Waals surface area (Å²) in [7, 11) is 1.95. The molecule has 2 heterocycles. The molecule has 2 unspecified atom stereocenters. The number of nitrogens with zero attached hydrogens (tertiary/aromatic N) is 3. The molecule has 1 fully saturated rings. The van der Waals surface area contributed by atoms with Crippen molar-refractivity contribution in [3.05, 3.63) is 18.0 Å². The predicted octanol–water partition coefficient (Wildman–Crippen LogP) is 1.40. The molecule has 0 aliphatic carbocycles. The molecule has 2 rings (SSSR count). The topological polar surface area (TPSA) is 30.3 Å². The van der Waals surface area contributed by atoms with Gasteiger partial charge in [0, 0.05) is 38.2 Å². The Morgan fingerprint density at radius 2 is 2.38 bits per heavy atom. The quantitative estimate of drug-likeness (QED) is 0.788. The van der Waals surface area contributed by atoms with Crippen LogP contribution in [-0.4, -0.2) is 45.3 Å². The van der Waals surface area contributed by atoms with Gasteiger partial charge in [0.25, 0.3) is 0 Å². The lowest BCUT2D eigenvalue weighted by atomic mass is 10.2. The predicted molar refractivity (Wildman–Crippen MR) is 66.6 cm³/mol. The maximum atomic E-state index is 5.79. The third-order valence-corrected chi connectivity index (χ3v) is 3.45. The number of aromatic nitrogens is 2. The van der Waals surface area contributed by atoms with E-state index in [0.717, 1.165) is 30.7 Å². The van der Waals surface area contributed by atoms with Gasteiger partial charge in [-0.2, -0.15) is 5.10 Å². The summed E-state index contributed by atoms with van der Waals surface area (Å²) in [6.45, 7) is 5.00. The molecular formula is C11H18BrN3O. The van der Waals surface area contributed by atoms with E-state index >= 15 is 0 Å². The first kappa shape index (κ1) is 12.1. The van der Waals surface area contributed by atoms with Gasteiger partial charge in [0.05, 0.1) is 17.9 Å². The Labute approximate surface area is 105 Å². The van der Waals surface area contributed by atoms with Crippen LogP contribution in [0.25, 0.3) is 0 Å². The normalized spacial score (nSPS) is 27.2. The Morgan fingerprint density at radius 1 is 1.56 bits per heavy atom. The van der Waals surface area contributed by atoms with Crippen molar-refractivity contribution in [2.75, 3.05) is 18.4 Å². The van der Waals surface area contributed by atoms with Gasteiger partial charge in [-0.3, -0.25) is 9.58 Å². The standard InChI is InChI=1S/C11H18BrN3O/c1-9-6-15(8-11(5-12)16-9)7-10-3-4-14(2)13-10/h3-4,9,11H,5-8H2,1-2H3. The van der Waals surface area contributed by atoms with Gasteiger partial charge in [-0.15, -0.1) is 0 Å². The van der Waals surface area contributed by atoms with Crippen LogP contribution in [-0.2, 0) is 18.3 Å². The summed E-state index contributed by atoms with van der Waals surface area (Å²) in [6.07, 6.45) is 2.59. The second-order valence-electron chi connectivity index (χ2n) is 4.40. The average molecular weight is 288 g/mol. The van der Waals surface area contributed by atoms with E-state index in [1.807, 2.05) is 17.9 Å². The number of hydrogen-bond donors (Lipinski definition) is 0. The molecule has 0 radical (unpaired) electrons. The molecule has 90 valence electrons. The van der Waals surface area contributed by atoms with E-state index in [0.29, 0.717) is 12.2 Å². The average Bonchev–Trinajstić information content (AvgIpc) is 2.63. The minimum absolute atomic E-state index is 0.299. The molecule has 1 aliphatic rings. The largest absolute Gasteiger partial charge is 0.372 e. The van der Waals surface area contributed by atoms with Crippen molar-refractivity contribution in [3.63, 3.8) is 0 Å². The van der Waals surface area contributed by atoms with Crippen molar-refractivity contribution in [3.8, 4) is 0 Å². The van der Waals surface area contributed by atoms with Gasteiger partial charge in [0.1, 0.15) is 0 Å². The number of alkyl halides is 1. The van der Waals surface area contributed by atoms with Crippen LogP contribution in [0.5, 0.6) is 0 Å². The number of ether oxygens (including phenoxy) is 1. The highest BCUT2D eigenvalue weighted by molar-refractivity contribution is 9.09. The Kier molecular flexibility index (Phi) is 4.00. The third kappa shape index (κ3) is 3.06. The van der Waals surface area contributed by atoms with E-state index in [2.05, 4.69) is 38.9 Å². The first-order chi connectivity index (χ1) is 7.67. The van der Waals surface area contributed by atoms with E-state index in [1.165, 1.54) is 0 Å². The van der Waals surface area contributed by atoms with Crippen LogP contribution in [0.15, 0.2) is 12.3 Å². The second kappa shape index (κ2) is 5.29. The van der Waals surface area contributed by atoms with E-state index in [9.17, 15) is 0 Å². The summed E-state index contributed by atoms with van der Waals surface area (Å²) in [5.74, 6) is 0. The van der Waals surface area contributed by atoms with Crippen molar-refractivity contribution in [2.45, 2.75) is 25.7 Å². The fraction of sp³-hybridized carbons (Fsp3) is 0.727. The van der Waals surface area contributed by atoms with Crippen molar-refractivity contribution in [2.24, 2.45) is 7.05 Å². The van der Waals surface area contributed by atoms with Gasteiger partial charge in [0.15, 0.2) is 0 Å². The van der Waals surface area contributed by atoms with Crippen molar-refractivity contribution < 1.29 is 4.74 Å². The van der Waals surface area contributed by atoms with Crippen molar-refractivity contribution in [1.29, 1.82) is 0 Å². The molecule has 0 N–H and O–H groups in total. The van der Waals surface area contributed by atoms with Crippen LogP contribution in [0.2, 0.25) is 0 Å². The Balaban J connectivity index is 1.93. The molecule has 0 aromatic carbocycles. The Morgan fingerprint density at radius 3 is 3.00 bits per heavy atom. The molecule has 1 aromatic rings. The monoisotopic (exact) mass is 287 g/mol. The molecule has 1 aliphatic heterocycles. The van der Waals surface area contributed by atoms with Crippen LogP contribution in [0.4, 0.5) is 0 Å². The van der Waals surface area contributed by atoms with E-state index in [1.54, 1.807) is 0 Å². The lowest BCUT2D eigenvalue weighted by Gasteiger charge is -2.35. The number of morpholine rings is 1. The molecule has 16 heavy (non-hydrogen) atoms. The Hall–Kier alpha value is -0.390. The van der Waals surface area contributed by atoms with Crippen LogP contribution in [0, 0.1) is 0 Å². The minimum atomic E-state index is 0.299. The molecule has 2 atom stereocenters.